The van der Waals surface area contributed by atoms with Gasteiger partial charge in [-0.15, -0.1) is 0 Å². The maximum absolute atomic E-state index is 5.42. The summed E-state index contributed by atoms with van der Waals surface area (Å²) >= 11 is 0. The summed E-state index contributed by atoms with van der Waals surface area (Å²) in [7, 11) is 4.71. The van der Waals surface area contributed by atoms with Crippen LogP contribution in [0.2, 0.25) is 0 Å². The molecule has 0 saturated heterocycles. The smallest absolute Gasteiger partial charge is 0.203 e. The zero-order valence-electron chi connectivity index (χ0n) is 13.7. The average Bonchev–Trinajstić information content (AvgIpc) is 2.61. The molecule has 0 spiro atoms. The quantitative estimate of drug-likeness (QED) is 0.580. The molecule has 23 heavy (non-hydrogen) atoms. The second kappa shape index (κ2) is 8.03. The normalized spacial score (nSPS) is 11.0. The lowest BCUT2D eigenvalue weighted by atomic mass is 10.2. The molecule has 0 N–H and O–H groups in total. The number of hydrogen-bond acceptors (Lipinski definition) is 6. The van der Waals surface area contributed by atoms with Crippen molar-refractivity contribution in [3.05, 3.63) is 47.8 Å². The third-order valence-corrected chi connectivity index (χ3v) is 3.24. The van der Waals surface area contributed by atoms with Crippen LogP contribution in [0, 0.1) is 0 Å². The van der Waals surface area contributed by atoms with Gasteiger partial charge in [0.1, 0.15) is 12.3 Å². The molecular formula is C17H20N2O4. The summed E-state index contributed by atoms with van der Waals surface area (Å²) in [4.78, 5) is 9.64. The van der Waals surface area contributed by atoms with Gasteiger partial charge in [-0.25, -0.2) is 0 Å². The molecule has 2 aromatic rings. The molecule has 0 bridgehead atoms. The Bertz CT molecular complexity index is 672. The van der Waals surface area contributed by atoms with Gasteiger partial charge in [-0.2, -0.15) is 0 Å². The number of hydrogen-bond donors (Lipinski definition) is 0. The van der Waals surface area contributed by atoms with E-state index in [4.69, 9.17) is 19.0 Å². The van der Waals surface area contributed by atoms with Crippen LogP contribution in [0.1, 0.15) is 18.2 Å². The van der Waals surface area contributed by atoms with E-state index in [0.717, 1.165) is 11.3 Å². The highest BCUT2D eigenvalue weighted by atomic mass is 16.6. The topological polar surface area (TPSA) is 62.2 Å². The van der Waals surface area contributed by atoms with Crippen LogP contribution in [0.15, 0.2) is 41.7 Å². The molecule has 1 heterocycles. The Hall–Kier alpha value is -2.76. The van der Waals surface area contributed by atoms with Gasteiger partial charge in [-0.1, -0.05) is 11.2 Å². The maximum Gasteiger partial charge on any atom is 0.203 e. The number of methoxy groups -OCH3 is 3. The molecule has 6 heteroatoms. The Morgan fingerprint density at radius 1 is 1.00 bits per heavy atom. The van der Waals surface area contributed by atoms with Gasteiger partial charge >= 0.3 is 0 Å². The van der Waals surface area contributed by atoms with Crippen molar-refractivity contribution in [3.8, 4) is 17.2 Å². The summed E-state index contributed by atoms with van der Waals surface area (Å²) in [6.07, 6.45) is 1.71. The highest BCUT2D eigenvalue weighted by Crippen LogP contribution is 2.39. The van der Waals surface area contributed by atoms with Gasteiger partial charge in [0.05, 0.1) is 27.0 Å². The van der Waals surface area contributed by atoms with E-state index in [-0.39, 0.29) is 6.61 Å². The van der Waals surface area contributed by atoms with Crippen molar-refractivity contribution in [3.63, 3.8) is 0 Å². The molecule has 6 nitrogen and oxygen atoms in total. The minimum Gasteiger partial charge on any atom is -0.493 e. The number of pyridine rings is 1. The van der Waals surface area contributed by atoms with E-state index in [1.54, 1.807) is 33.6 Å². The first-order valence-corrected chi connectivity index (χ1v) is 7.07. The molecular weight excluding hydrogens is 296 g/mol. The van der Waals surface area contributed by atoms with Crippen LogP contribution in [0.25, 0.3) is 0 Å². The molecule has 0 unspecified atom stereocenters. The van der Waals surface area contributed by atoms with E-state index in [2.05, 4.69) is 10.1 Å². The van der Waals surface area contributed by atoms with Crippen molar-refractivity contribution in [1.29, 1.82) is 0 Å². The maximum atomic E-state index is 5.42. The summed E-state index contributed by atoms with van der Waals surface area (Å²) in [6.45, 7) is 2.09. The Kier molecular flexibility index (Phi) is 5.80. The van der Waals surface area contributed by atoms with E-state index in [9.17, 15) is 0 Å². The van der Waals surface area contributed by atoms with Crippen molar-refractivity contribution in [1.82, 2.24) is 4.98 Å². The van der Waals surface area contributed by atoms with E-state index >= 15 is 0 Å². The van der Waals surface area contributed by atoms with E-state index in [1.807, 2.05) is 31.2 Å². The zero-order valence-corrected chi connectivity index (χ0v) is 13.7. The monoisotopic (exact) mass is 316 g/mol. The molecule has 0 aliphatic carbocycles. The molecule has 0 amide bonds. The number of nitrogens with zero attached hydrogens (tertiary/aromatic N) is 2. The van der Waals surface area contributed by atoms with Crippen LogP contribution in [0.5, 0.6) is 17.2 Å². The molecule has 2 rings (SSSR count). The van der Waals surface area contributed by atoms with Crippen LogP contribution in [-0.4, -0.2) is 32.0 Å². The zero-order chi connectivity index (χ0) is 16.7. The number of benzene rings is 1. The van der Waals surface area contributed by atoms with Crippen molar-refractivity contribution >= 4 is 5.71 Å². The van der Waals surface area contributed by atoms with Crippen molar-refractivity contribution in [2.75, 3.05) is 21.3 Å². The van der Waals surface area contributed by atoms with E-state index < -0.39 is 0 Å². The summed E-state index contributed by atoms with van der Waals surface area (Å²) in [5, 5.41) is 4.09. The fraction of sp³-hybridized carbons (Fsp3) is 0.294. The molecule has 0 aliphatic heterocycles. The fourth-order valence-corrected chi connectivity index (χ4v) is 2.10. The second-order valence-electron chi connectivity index (χ2n) is 4.66. The predicted octanol–water partition coefficient (Wildman–Crippen LogP) is 3.05. The van der Waals surface area contributed by atoms with Crippen LogP contribution in [0.4, 0.5) is 0 Å². The minimum absolute atomic E-state index is 0.244. The van der Waals surface area contributed by atoms with Crippen molar-refractivity contribution in [2.45, 2.75) is 13.5 Å². The van der Waals surface area contributed by atoms with Crippen molar-refractivity contribution in [2.24, 2.45) is 5.16 Å². The lowest BCUT2D eigenvalue weighted by molar-refractivity contribution is 0.128. The highest BCUT2D eigenvalue weighted by molar-refractivity contribution is 5.96. The van der Waals surface area contributed by atoms with E-state index in [0.29, 0.717) is 23.0 Å². The van der Waals surface area contributed by atoms with Gasteiger partial charge in [-0.05, 0) is 31.2 Å². The first-order valence-electron chi connectivity index (χ1n) is 7.07. The van der Waals surface area contributed by atoms with Gasteiger partial charge in [0.25, 0.3) is 0 Å². The van der Waals surface area contributed by atoms with Gasteiger partial charge in [-0.3, -0.25) is 4.98 Å². The highest BCUT2D eigenvalue weighted by Gasteiger charge is 2.16. The first-order chi connectivity index (χ1) is 11.2. The Morgan fingerprint density at radius 2 is 1.78 bits per heavy atom. The summed E-state index contributed by atoms with van der Waals surface area (Å²) in [5.41, 5.74) is 2.28. The summed E-state index contributed by atoms with van der Waals surface area (Å²) in [6, 6.07) is 9.28. The molecule has 122 valence electrons. The van der Waals surface area contributed by atoms with E-state index in [1.165, 1.54) is 0 Å². The number of rotatable bonds is 7. The summed E-state index contributed by atoms with van der Waals surface area (Å²) < 4.78 is 16.0. The molecule has 0 atom stereocenters. The lowest BCUT2D eigenvalue weighted by Crippen LogP contribution is -2.01. The molecule has 0 saturated carbocycles. The van der Waals surface area contributed by atoms with Crippen LogP contribution in [-0.2, 0) is 11.4 Å². The second-order valence-corrected chi connectivity index (χ2v) is 4.66. The number of aromatic nitrogens is 1. The standard InChI is InChI=1S/C17H20N2O4/c1-12(14-7-5-6-10-18-14)19-23-11-13-8-9-15(20-2)17(22-4)16(13)21-3/h5-10H,11H2,1-4H3. The Morgan fingerprint density at radius 3 is 2.39 bits per heavy atom. The predicted molar refractivity (Wildman–Crippen MR) is 87.3 cm³/mol. The van der Waals surface area contributed by atoms with Gasteiger partial charge in [0.2, 0.25) is 5.75 Å². The molecule has 0 fully saturated rings. The van der Waals surface area contributed by atoms with Crippen LogP contribution < -0.4 is 14.2 Å². The summed E-state index contributed by atoms with van der Waals surface area (Å²) in [5.74, 6) is 1.69. The third-order valence-electron chi connectivity index (χ3n) is 3.24. The van der Waals surface area contributed by atoms with Gasteiger partial charge in [0.15, 0.2) is 11.5 Å². The molecule has 1 aromatic heterocycles. The minimum atomic E-state index is 0.244. The molecule has 0 radical (unpaired) electrons. The molecule has 0 aliphatic rings. The molecule has 1 aromatic carbocycles. The third kappa shape index (κ3) is 3.91. The lowest BCUT2D eigenvalue weighted by Gasteiger charge is -2.15. The first kappa shape index (κ1) is 16.6. The fourth-order valence-electron chi connectivity index (χ4n) is 2.10. The Labute approximate surface area is 135 Å². The largest absolute Gasteiger partial charge is 0.493 e. The SMILES string of the molecule is COc1ccc(CON=C(C)c2ccccn2)c(OC)c1OC. The van der Waals surface area contributed by atoms with Gasteiger partial charge in [0, 0.05) is 11.8 Å². The van der Waals surface area contributed by atoms with Gasteiger partial charge < -0.3 is 19.0 Å². The Balaban J connectivity index is 2.14. The average molecular weight is 316 g/mol. The van der Waals surface area contributed by atoms with Crippen LogP contribution in [0.3, 0.4) is 0 Å². The number of oxime groups is 1. The van der Waals surface area contributed by atoms with Crippen molar-refractivity contribution < 1.29 is 19.0 Å². The van der Waals surface area contributed by atoms with Crippen LogP contribution >= 0.6 is 0 Å². The number of ether oxygens (including phenoxy) is 3.